The van der Waals surface area contributed by atoms with E-state index in [1.54, 1.807) is 4.68 Å². The zero-order valence-corrected chi connectivity index (χ0v) is 10.9. The Balaban J connectivity index is 1.99. The maximum absolute atomic E-state index is 9.42. The number of nitrogens with zero attached hydrogens (tertiary/aromatic N) is 2. The van der Waals surface area contributed by atoms with Crippen LogP contribution in [0.1, 0.15) is 17.2 Å². The van der Waals surface area contributed by atoms with Crippen LogP contribution in [0.5, 0.6) is 0 Å². The van der Waals surface area contributed by atoms with E-state index in [-0.39, 0.29) is 12.6 Å². The van der Waals surface area contributed by atoms with E-state index in [9.17, 15) is 5.11 Å². The lowest BCUT2D eigenvalue weighted by molar-refractivity contribution is 0.243. The molecule has 0 bridgehead atoms. The summed E-state index contributed by atoms with van der Waals surface area (Å²) >= 11 is 5.84. The molecule has 0 radical (unpaired) electrons. The first-order valence-corrected chi connectivity index (χ1v) is 6.14. The van der Waals surface area contributed by atoms with Crippen LogP contribution in [-0.4, -0.2) is 21.5 Å². The van der Waals surface area contributed by atoms with Crippen molar-refractivity contribution < 1.29 is 5.11 Å². The van der Waals surface area contributed by atoms with E-state index < -0.39 is 0 Å². The van der Waals surface area contributed by atoms with Gasteiger partial charge in [-0.15, -0.1) is 0 Å². The Labute approximate surface area is 111 Å². The number of aryl methyl sites for hydroxylation is 1. The Hall–Kier alpha value is -1.36. The zero-order valence-electron chi connectivity index (χ0n) is 10.2. The maximum Gasteiger partial charge on any atom is 0.0626 e. The molecule has 0 saturated heterocycles. The second kappa shape index (κ2) is 6.00. The summed E-state index contributed by atoms with van der Waals surface area (Å²) in [7, 11) is 1.88. The molecule has 0 aliphatic rings. The number of aliphatic hydroxyl groups is 1. The molecule has 5 heteroatoms. The molecule has 0 amide bonds. The highest BCUT2D eigenvalue weighted by Gasteiger charge is 2.09. The van der Waals surface area contributed by atoms with Crippen LogP contribution < -0.4 is 5.32 Å². The fourth-order valence-electron chi connectivity index (χ4n) is 1.79. The van der Waals surface area contributed by atoms with Crippen molar-refractivity contribution in [1.82, 2.24) is 15.1 Å². The predicted octanol–water partition coefficient (Wildman–Crippen LogP) is 1.90. The van der Waals surface area contributed by atoms with Crippen molar-refractivity contribution in [3.8, 4) is 0 Å². The average Bonchev–Trinajstić information content (AvgIpc) is 2.78. The van der Waals surface area contributed by atoms with Gasteiger partial charge in [0.1, 0.15) is 0 Å². The standard InChI is InChI=1S/C13H16ClN3O/c1-17-8-10(7-16-17)6-15-13(9-18)11-2-4-12(14)5-3-11/h2-5,7-8,13,15,18H,6,9H2,1H3. The Bertz CT molecular complexity index is 495. The minimum Gasteiger partial charge on any atom is -0.394 e. The summed E-state index contributed by atoms with van der Waals surface area (Å²) in [5.41, 5.74) is 2.11. The van der Waals surface area contributed by atoms with Crippen molar-refractivity contribution in [3.63, 3.8) is 0 Å². The molecule has 2 rings (SSSR count). The molecule has 1 unspecified atom stereocenters. The number of halogens is 1. The summed E-state index contributed by atoms with van der Waals surface area (Å²) in [5.74, 6) is 0. The highest BCUT2D eigenvalue weighted by atomic mass is 35.5. The van der Waals surface area contributed by atoms with Gasteiger partial charge in [-0.3, -0.25) is 4.68 Å². The fraction of sp³-hybridized carbons (Fsp3) is 0.308. The molecule has 2 N–H and O–H groups in total. The Morgan fingerprint density at radius 3 is 2.67 bits per heavy atom. The summed E-state index contributed by atoms with van der Waals surface area (Å²) in [4.78, 5) is 0. The third-order valence-corrected chi connectivity index (χ3v) is 3.02. The zero-order chi connectivity index (χ0) is 13.0. The van der Waals surface area contributed by atoms with E-state index in [1.165, 1.54) is 0 Å². The summed E-state index contributed by atoms with van der Waals surface area (Å²) in [5, 5.41) is 17.5. The monoisotopic (exact) mass is 265 g/mol. The number of nitrogens with one attached hydrogen (secondary N) is 1. The first-order chi connectivity index (χ1) is 8.69. The first-order valence-electron chi connectivity index (χ1n) is 5.76. The van der Waals surface area contributed by atoms with Gasteiger partial charge in [-0.05, 0) is 17.7 Å². The van der Waals surface area contributed by atoms with Crippen LogP contribution in [0.4, 0.5) is 0 Å². The van der Waals surface area contributed by atoms with Gasteiger partial charge in [-0.1, -0.05) is 23.7 Å². The van der Waals surface area contributed by atoms with Crippen LogP contribution in [0.3, 0.4) is 0 Å². The highest BCUT2D eigenvalue weighted by molar-refractivity contribution is 6.30. The lowest BCUT2D eigenvalue weighted by Crippen LogP contribution is -2.23. The van der Waals surface area contributed by atoms with E-state index in [2.05, 4.69) is 10.4 Å². The normalized spacial score (nSPS) is 12.6. The maximum atomic E-state index is 9.42. The molecule has 0 aliphatic heterocycles. The topological polar surface area (TPSA) is 50.1 Å². The molecule has 1 aromatic carbocycles. The van der Waals surface area contributed by atoms with Crippen LogP contribution >= 0.6 is 11.6 Å². The lowest BCUT2D eigenvalue weighted by Gasteiger charge is -2.16. The van der Waals surface area contributed by atoms with Crippen molar-refractivity contribution in [1.29, 1.82) is 0 Å². The first kappa shape index (κ1) is 13.1. The molecule has 2 aromatic rings. The van der Waals surface area contributed by atoms with Crippen LogP contribution in [0.25, 0.3) is 0 Å². The van der Waals surface area contributed by atoms with E-state index in [1.807, 2.05) is 43.7 Å². The molecule has 0 aliphatic carbocycles. The van der Waals surface area contributed by atoms with Crippen LogP contribution in [0.2, 0.25) is 5.02 Å². The number of rotatable bonds is 5. The lowest BCUT2D eigenvalue weighted by atomic mass is 10.1. The SMILES string of the molecule is Cn1cc(CNC(CO)c2ccc(Cl)cc2)cn1. The minimum absolute atomic E-state index is 0.0435. The summed E-state index contributed by atoms with van der Waals surface area (Å²) in [6, 6.07) is 7.39. The quantitative estimate of drug-likeness (QED) is 0.868. The second-order valence-corrected chi connectivity index (χ2v) is 4.63. The van der Waals surface area contributed by atoms with Gasteiger partial charge in [0.05, 0.1) is 18.8 Å². The molecular weight excluding hydrogens is 250 g/mol. The fourth-order valence-corrected chi connectivity index (χ4v) is 1.91. The van der Waals surface area contributed by atoms with Crippen molar-refractivity contribution in [2.75, 3.05) is 6.61 Å². The second-order valence-electron chi connectivity index (χ2n) is 4.19. The summed E-state index contributed by atoms with van der Waals surface area (Å²) < 4.78 is 1.76. The van der Waals surface area contributed by atoms with Crippen LogP contribution in [0.15, 0.2) is 36.7 Å². The van der Waals surface area contributed by atoms with Gasteiger partial charge in [0.25, 0.3) is 0 Å². The Kier molecular flexibility index (Phi) is 4.36. The molecule has 0 spiro atoms. The Morgan fingerprint density at radius 1 is 1.39 bits per heavy atom. The molecule has 18 heavy (non-hydrogen) atoms. The number of hydrogen-bond donors (Lipinski definition) is 2. The number of hydrogen-bond acceptors (Lipinski definition) is 3. The molecule has 4 nitrogen and oxygen atoms in total. The molecule has 0 fully saturated rings. The van der Waals surface area contributed by atoms with Gasteiger partial charge in [-0.25, -0.2) is 0 Å². The van der Waals surface area contributed by atoms with Gasteiger partial charge in [0.15, 0.2) is 0 Å². The summed E-state index contributed by atoms with van der Waals surface area (Å²) in [6.45, 7) is 0.712. The van der Waals surface area contributed by atoms with Crippen molar-refractivity contribution in [3.05, 3.63) is 52.8 Å². The van der Waals surface area contributed by atoms with E-state index in [0.29, 0.717) is 11.6 Å². The molecular formula is C13H16ClN3O. The van der Waals surface area contributed by atoms with Crippen molar-refractivity contribution in [2.24, 2.45) is 7.05 Å². The van der Waals surface area contributed by atoms with Gasteiger partial charge >= 0.3 is 0 Å². The predicted molar refractivity (Wildman–Crippen MR) is 71.3 cm³/mol. The smallest absolute Gasteiger partial charge is 0.0626 e. The van der Waals surface area contributed by atoms with Crippen LogP contribution in [-0.2, 0) is 13.6 Å². The molecule has 0 saturated carbocycles. The van der Waals surface area contributed by atoms with E-state index in [0.717, 1.165) is 11.1 Å². The molecule has 1 atom stereocenters. The summed E-state index contributed by atoms with van der Waals surface area (Å²) in [6.07, 6.45) is 3.76. The van der Waals surface area contributed by atoms with Gasteiger partial charge < -0.3 is 10.4 Å². The molecule has 96 valence electrons. The average molecular weight is 266 g/mol. The van der Waals surface area contributed by atoms with Gasteiger partial charge in [-0.2, -0.15) is 5.10 Å². The highest BCUT2D eigenvalue weighted by Crippen LogP contribution is 2.16. The Morgan fingerprint density at radius 2 is 2.11 bits per heavy atom. The van der Waals surface area contributed by atoms with E-state index in [4.69, 9.17) is 11.6 Å². The number of aromatic nitrogens is 2. The largest absolute Gasteiger partial charge is 0.394 e. The van der Waals surface area contributed by atoms with Crippen molar-refractivity contribution >= 4 is 11.6 Å². The van der Waals surface area contributed by atoms with Gasteiger partial charge in [0.2, 0.25) is 0 Å². The molecule has 1 aromatic heterocycles. The molecule has 1 heterocycles. The van der Waals surface area contributed by atoms with Gasteiger partial charge in [0, 0.05) is 30.4 Å². The third kappa shape index (κ3) is 3.32. The minimum atomic E-state index is -0.0949. The van der Waals surface area contributed by atoms with Crippen molar-refractivity contribution in [2.45, 2.75) is 12.6 Å². The van der Waals surface area contributed by atoms with E-state index >= 15 is 0 Å². The van der Waals surface area contributed by atoms with Crippen LogP contribution in [0, 0.1) is 0 Å². The third-order valence-electron chi connectivity index (χ3n) is 2.77. The number of benzene rings is 1. The number of aliphatic hydroxyl groups excluding tert-OH is 1.